The highest BCUT2D eigenvalue weighted by atomic mass is 32.2. The number of rotatable bonds is 8. The minimum Gasteiger partial charge on any atom is -0.309 e. The molecule has 2 nitrogen and oxygen atoms in total. The predicted octanol–water partition coefficient (Wildman–Crippen LogP) is 3.40. The van der Waals surface area contributed by atoms with Gasteiger partial charge in [0.2, 0.25) is 0 Å². The molecule has 17 heavy (non-hydrogen) atoms. The number of hydrogen-bond donors (Lipinski definition) is 1. The average molecular weight is 256 g/mol. The van der Waals surface area contributed by atoms with Crippen LogP contribution in [0.1, 0.15) is 38.3 Å². The second-order valence-corrected chi connectivity index (χ2v) is 5.13. The SMILES string of the molecule is CCCNC(CSCCC)c1ccncc1F. The van der Waals surface area contributed by atoms with E-state index in [4.69, 9.17) is 0 Å². The van der Waals surface area contributed by atoms with Gasteiger partial charge in [0.15, 0.2) is 0 Å². The Labute approximate surface area is 107 Å². The van der Waals surface area contributed by atoms with E-state index in [1.807, 2.05) is 11.8 Å². The van der Waals surface area contributed by atoms with Crippen LogP contribution >= 0.6 is 11.8 Å². The van der Waals surface area contributed by atoms with Crippen molar-refractivity contribution in [2.45, 2.75) is 32.7 Å². The number of hydrogen-bond acceptors (Lipinski definition) is 3. The summed E-state index contributed by atoms with van der Waals surface area (Å²) in [4.78, 5) is 3.79. The van der Waals surface area contributed by atoms with Crippen molar-refractivity contribution < 1.29 is 4.39 Å². The summed E-state index contributed by atoms with van der Waals surface area (Å²) in [7, 11) is 0. The fraction of sp³-hybridized carbons (Fsp3) is 0.615. The summed E-state index contributed by atoms with van der Waals surface area (Å²) in [5.41, 5.74) is 0.733. The van der Waals surface area contributed by atoms with Crippen LogP contribution < -0.4 is 5.32 Å². The van der Waals surface area contributed by atoms with Crippen LogP contribution in [0.5, 0.6) is 0 Å². The summed E-state index contributed by atoms with van der Waals surface area (Å²) >= 11 is 1.87. The maximum atomic E-state index is 13.7. The first-order chi connectivity index (χ1) is 8.29. The molecule has 0 aliphatic heterocycles. The standard InChI is InChI=1S/C13H21FN2S/c1-3-6-16-13(10-17-8-4-2)11-5-7-15-9-12(11)14/h5,7,9,13,16H,3-4,6,8,10H2,1-2H3. The lowest BCUT2D eigenvalue weighted by atomic mass is 10.1. The molecular weight excluding hydrogens is 235 g/mol. The highest BCUT2D eigenvalue weighted by Crippen LogP contribution is 2.20. The Kier molecular flexibility index (Phi) is 7.21. The molecule has 4 heteroatoms. The summed E-state index contributed by atoms with van der Waals surface area (Å²) in [6.45, 7) is 5.19. The van der Waals surface area contributed by atoms with Crippen molar-refractivity contribution in [3.63, 3.8) is 0 Å². The summed E-state index contributed by atoms with van der Waals surface area (Å²) in [6, 6.07) is 1.87. The van der Waals surface area contributed by atoms with Crippen LogP contribution in [0, 0.1) is 5.82 Å². The number of halogens is 1. The molecule has 96 valence electrons. The lowest BCUT2D eigenvalue weighted by Crippen LogP contribution is -2.25. The van der Waals surface area contributed by atoms with Crippen LogP contribution in [0.15, 0.2) is 18.5 Å². The lowest BCUT2D eigenvalue weighted by molar-refractivity contribution is 0.529. The first-order valence-corrected chi connectivity index (χ1v) is 7.35. The molecule has 1 rings (SSSR count). The summed E-state index contributed by atoms with van der Waals surface area (Å²) in [5.74, 6) is 1.82. The third kappa shape index (κ3) is 5.04. The molecule has 0 spiro atoms. The Hall–Kier alpha value is -0.610. The lowest BCUT2D eigenvalue weighted by Gasteiger charge is -2.18. The van der Waals surface area contributed by atoms with E-state index in [0.717, 1.165) is 36.5 Å². The molecule has 1 unspecified atom stereocenters. The van der Waals surface area contributed by atoms with Crippen molar-refractivity contribution in [1.82, 2.24) is 10.3 Å². The molecule has 0 saturated carbocycles. The third-order valence-corrected chi connectivity index (χ3v) is 3.72. The van der Waals surface area contributed by atoms with Gasteiger partial charge in [0, 0.05) is 23.6 Å². The molecular formula is C13H21FN2S. The van der Waals surface area contributed by atoms with Crippen molar-refractivity contribution in [2.24, 2.45) is 0 Å². The predicted molar refractivity (Wildman–Crippen MR) is 72.8 cm³/mol. The van der Waals surface area contributed by atoms with E-state index in [1.165, 1.54) is 6.20 Å². The Balaban J connectivity index is 2.64. The van der Waals surface area contributed by atoms with Gasteiger partial charge < -0.3 is 5.32 Å². The molecule has 0 fully saturated rings. The van der Waals surface area contributed by atoms with Gasteiger partial charge in [-0.15, -0.1) is 0 Å². The molecule has 1 atom stereocenters. The third-order valence-electron chi connectivity index (χ3n) is 2.45. The molecule has 1 N–H and O–H groups in total. The minimum absolute atomic E-state index is 0.0921. The van der Waals surface area contributed by atoms with Crippen LogP contribution in [0.3, 0.4) is 0 Å². The van der Waals surface area contributed by atoms with E-state index in [9.17, 15) is 4.39 Å². The first-order valence-electron chi connectivity index (χ1n) is 6.20. The van der Waals surface area contributed by atoms with Gasteiger partial charge in [-0.25, -0.2) is 4.39 Å². The van der Waals surface area contributed by atoms with E-state index in [1.54, 1.807) is 12.3 Å². The highest BCUT2D eigenvalue weighted by Gasteiger charge is 2.14. The Morgan fingerprint density at radius 3 is 2.88 bits per heavy atom. The Bertz CT molecular complexity index is 320. The van der Waals surface area contributed by atoms with E-state index < -0.39 is 0 Å². The van der Waals surface area contributed by atoms with Gasteiger partial charge in [0.25, 0.3) is 0 Å². The van der Waals surface area contributed by atoms with E-state index >= 15 is 0 Å². The number of pyridine rings is 1. The Morgan fingerprint density at radius 1 is 1.41 bits per heavy atom. The normalized spacial score (nSPS) is 12.6. The van der Waals surface area contributed by atoms with E-state index in [2.05, 4.69) is 24.1 Å². The first kappa shape index (κ1) is 14.5. The largest absolute Gasteiger partial charge is 0.309 e. The molecule has 0 aromatic carbocycles. The average Bonchev–Trinajstić information content (AvgIpc) is 2.35. The van der Waals surface area contributed by atoms with Crippen molar-refractivity contribution >= 4 is 11.8 Å². The molecule has 0 aliphatic rings. The van der Waals surface area contributed by atoms with Gasteiger partial charge in [-0.1, -0.05) is 13.8 Å². The number of nitrogens with one attached hydrogen (secondary N) is 1. The van der Waals surface area contributed by atoms with Gasteiger partial charge in [-0.05, 0) is 31.2 Å². The molecule has 1 aromatic rings. The van der Waals surface area contributed by atoms with Crippen LogP contribution in [0.4, 0.5) is 4.39 Å². The summed E-state index contributed by atoms with van der Waals surface area (Å²) in [6.07, 6.45) is 5.16. The number of thioether (sulfide) groups is 1. The maximum Gasteiger partial charge on any atom is 0.146 e. The highest BCUT2D eigenvalue weighted by molar-refractivity contribution is 7.99. The van der Waals surface area contributed by atoms with Gasteiger partial charge >= 0.3 is 0 Å². The maximum absolute atomic E-state index is 13.7. The van der Waals surface area contributed by atoms with Crippen LogP contribution in [0.25, 0.3) is 0 Å². The topological polar surface area (TPSA) is 24.9 Å². The monoisotopic (exact) mass is 256 g/mol. The van der Waals surface area contributed by atoms with E-state index in [-0.39, 0.29) is 11.9 Å². The van der Waals surface area contributed by atoms with Crippen LogP contribution in [0.2, 0.25) is 0 Å². The fourth-order valence-corrected chi connectivity index (χ4v) is 2.58. The molecule has 0 aliphatic carbocycles. The second kappa shape index (κ2) is 8.48. The number of nitrogens with zero attached hydrogens (tertiary/aromatic N) is 1. The van der Waals surface area contributed by atoms with Crippen molar-refractivity contribution in [1.29, 1.82) is 0 Å². The van der Waals surface area contributed by atoms with Gasteiger partial charge in [-0.2, -0.15) is 11.8 Å². The minimum atomic E-state index is -0.210. The molecule has 0 bridgehead atoms. The zero-order valence-corrected chi connectivity index (χ0v) is 11.4. The summed E-state index contributed by atoms with van der Waals surface area (Å²) in [5, 5.41) is 3.40. The van der Waals surface area contributed by atoms with Crippen molar-refractivity contribution in [3.05, 3.63) is 29.8 Å². The van der Waals surface area contributed by atoms with Gasteiger partial charge in [0.05, 0.1) is 6.20 Å². The second-order valence-electron chi connectivity index (χ2n) is 3.98. The van der Waals surface area contributed by atoms with Gasteiger partial charge in [-0.3, -0.25) is 4.98 Å². The molecule has 0 radical (unpaired) electrons. The zero-order chi connectivity index (χ0) is 12.5. The quantitative estimate of drug-likeness (QED) is 0.722. The zero-order valence-electron chi connectivity index (χ0n) is 10.6. The molecule has 0 amide bonds. The smallest absolute Gasteiger partial charge is 0.146 e. The van der Waals surface area contributed by atoms with E-state index in [0.29, 0.717) is 0 Å². The number of aromatic nitrogens is 1. The van der Waals surface area contributed by atoms with Crippen LogP contribution in [-0.4, -0.2) is 23.0 Å². The van der Waals surface area contributed by atoms with Crippen LogP contribution in [-0.2, 0) is 0 Å². The molecule has 1 heterocycles. The summed E-state index contributed by atoms with van der Waals surface area (Å²) < 4.78 is 13.7. The van der Waals surface area contributed by atoms with Gasteiger partial charge in [0.1, 0.15) is 5.82 Å². The molecule has 1 aromatic heterocycles. The fourth-order valence-electron chi connectivity index (χ4n) is 1.59. The van der Waals surface area contributed by atoms with Crippen molar-refractivity contribution in [2.75, 3.05) is 18.1 Å². The van der Waals surface area contributed by atoms with Crippen molar-refractivity contribution in [3.8, 4) is 0 Å². The molecule has 0 saturated heterocycles. The Morgan fingerprint density at radius 2 is 2.24 bits per heavy atom.